The number of benzene rings is 1. The van der Waals surface area contributed by atoms with Crippen LogP contribution in [0.5, 0.6) is 5.75 Å². The van der Waals surface area contributed by atoms with Crippen molar-refractivity contribution >= 4 is 18.6 Å². The number of nitrogen functional groups attached to an aromatic ring is 1. The van der Waals surface area contributed by atoms with Crippen molar-refractivity contribution in [2.45, 2.75) is 11.5 Å². The molecule has 2 heterocycles. The molecule has 0 saturated carbocycles. The van der Waals surface area contributed by atoms with E-state index in [9.17, 15) is 0 Å². The van der Waals surface area contributed by atoms with Crippen LogP contribution in [0.3, 0.4) is 0 Å². The van der Waals surface area contributed by atoms with Crippen LogP contribution < -0.4 is 10.5 Å². The fraction of sp³-hybridized carbons (Fsp3) is 0.100. The van der Waals surface area contributed by atoms with Gasteiger partial charge in [0.1, 0.15) is 18.1 Å². The van der Waals surface area contributed by atoms with Gasteiger partial charge >= 0.3 is 0 Å². The molecule has 1 aliphatic heterocycles. The summed E-state index contributed by atoms with van der Waals surface area (Å²) in [6.45, 7) is 0.476. The summed E-state index contributed by atoms with van der Waals surface area (Å²) in [5.74, 6) is 1.23. The van der Waals surface area contributed by atoms with E-state index in [1.165, 1.54) is 0 Å². The van der Waals surface area contributed by atoms with Gasteiger partial charge < -0.3 is 15.5 Å². The van der Waals surface area contributed by atoms with E-state index in [0.29, 0.717) is 12.6 Å². The lowest BCUT2D eigenvalue weighted by Gasteiger charge is -2.16. The summed E-state index contributed by atoms with van der Waals surface area (Å²) in [4.78, 5) is 8.09. The van der Waals surface area contributed by atoms with Gasteiger partial charge in [0.2, 0.25) is 0 Å². The second kappa shape index (κ2) is 2.93. The molecule has 0 fully saturated rings. The minimum Gasteiger partial charge on any atom is -0.487 e. The molecule has 76 valence electrons. The summed E-state index contributed by atoms with van der Waals surface area (Å²) in [5.41, 5.74) is 8.37. The van der Waals surface area contributed by atoms with Gasteiger partial charge in [0, 0.05) is 10.5 Å². The van der Waals surface area contributed by atoms with E-state index in [1.54, 1.807) is 0 Å². The Labute approximate surface area is 91.9 Å². The maximum Gasteiger partial charge on any atom is 0.198 e. The van der Waals surface area contributed by atoms with Crippen molar-refractivity contribution in [3.63, 3.8) is 0 Å². The molecular formula is C10H9N3OS. The van der Waals surface area contributed by atoms with Crippen molar-refractivity contribution in [2.24, 2.45) is 0 Å². The number of aromatic amines is 1. The van der Waals surface area contributed by atoms with Crippen molar-refractivity contribution in [1.82, 2.24) is 9.97 Å². The van der Waals surface area contributed by atoms with Crippen LogP contribution in [0.25, 0.3) is 11.3 Å². The molecule has 0 atom stereocenters. The number of ether oxygens (including phenoxy) is 1. The Bertz CT molecular complexity index is 535. The largest absolute Gasteiger partial charge is 0.487 e. The lowest BCUT2D eigenvalue weighted by atomic mass is 10.1. The number of H-pyrrole nitrogens is 1. The molecule has 0 amide bonds. The first-order valence-electron chi connectivity index (χ1n) is 4.54. The minimum atomic E-state index is 0.423. The normalized spacial score (nSPS) is 12.9. The van der Waals surface area contributed by atoms with E-state index in [1.807, 2.05) is 18.2 Å². The number of fused-ring (bicyclic) bond motifs is 3. The molecule has 1 aromatic carbocycles. The molecule has 3 rings (SSSR count). The monoisotopic (exact) mass is 219 g/mol. The Kier molecular flexibility index (Phi) is 1.70. The predicted molar refractivity (Wildman–Crippen MR) is 60.0 cm³/mol. The van der Waals surface area contributed by atoms with Gasteiger partial charge in [0.05, 0.1) is 5.69 Å². The SMILES string of the molecule is Nc1nc2c([nH]1)COc1cc(S)ccc1-2. The minimum absolute atomic E-state index is 0.423. The van der Waals surface area contributed by atoms with Gasteiger partial charge in [-0.1, -0.05) is 0 Å². The maximum absolute atomic E-state index is 5.61. The van der Waals surface area contributed by atoms with Crippen LogP contribution in [0, 0.1) is 0 Å². The van der Waals surface area contributed by atoms with Crippen LogP contribution >= 0.6 is 12.6 Å². The fourth-order valence-electron chi connectivity index (χ4n) is 1.73. The Morgan fingerprint density at radius 1 is 1.47 bits per heavy atom. The van der Waals surface area contributed by atoms with Gasteiger partial charge in [-0.15, -0.1) is 12.6 Å². The van der Waals surface area contributed by atoms with Gasteiger partial charge in [0.15, 0.2) is 5.95 Å². The average molecular weight is 219 g/mol. The Balaban J connectivity index is 2.25. The number of thiol groups is 1. The molecule has 15 heavy (non-hydrogen) atoms. The van der Waals surface area contributed by atoms with Crippen LogP contribution in [0.15, 0.2) is 23.1 Å². The van der Waals surface area contributed by atoms with Gasteiger partial charge in [-0.3, -0.25) is 0 Å². The highest BCUT2D eigenvalue weighted by Crippen LogP contribution is 2.37. The van der Waals surface area contributed by atoms with Crippen LogP contribution in [0.2, 0.25) is 0 Å². The summed E-state index contributed by atoms with van der Waals surface area (Å²) in [6, 6.07) is 5.73. The quantitative estimate of drug-likeness (QED) is 0.592. The van der Waals surface area contributed by atoms with Gasteiger partial charge in [-0.25, -0.2) is 4.98 Å². The molecule has 1 aromatic heterocycles. The highest BCUT2D eigenvalue weighted by molar-refractivity contribution is 7.80. The maximum atomic E-state index is 5.61. The van der Waals surface area contributed by atoms with Gasteiger partial charge in [-0.05, 0) is 18.2 Å². The summed E-state index contributed by atoms with van der Waals surface area (Å²) >= 11 is 4.26. The second-order valence-electron chi connectivity index (χ2n) is 3.42. The molecule has 3 N–H and O–H groups in total. The van der Waals surface area contributed by atoms with E-state index in [2.05, 4.69) is 22.6 Å². The summed E-state index contributed by atoms with van der Waals surface area (Å²) in [5, 5.41) is 0. The summed E-state index contributed by atoms with van der Waals surface area (Å²) < 4.78 is 5.57. The molecular weight excluding hydrogens is 210 g/mol. The molecule has 0 bridgehead atoms. The van der Waals surface area contributed by atoms with Crippen LogP contribution in [0.4, 0.5) is 5.95 Å². The van der Waals surface area contributed by atoms with Crippen molar-refractivity contribution in [2.75, 3.05) is 5.73 Å². The van der Waals surface area contributed by atoms with Crippen LogP contribution in [-0.4, -0.2) is 9.97 Å². The van der Waals surface area contributed by atoms with E-state index in [4.69, 9.17) is 10.5 Å². The van der Waals surface area contributed by atoms with Crippen molar-refractivity contribution in [3.05, 3.63) is 23.9 Å². The lowest BCUT2D eigenvalue weighted by Crippen LogP contribution is -2.04. The molecule has 0 aliphatic carbocycles. The number of imidazole rings is 1. The molecule has 0 unspecified atom stereocenters. The Morgan fingerprint density at radius 3 is 3.20 bits per heavy atom. The molecule has 4 nitrogen and oxygen atoms in total. The zero-order chi connectivity index (χ0) is 10.4. The molecule has 2 aromatic rings. The van der Waals surface area contributed by atoms with E-state index in [-0.39, 0.29) is 0 Å². The van der Waals surface area contributed by atoms with Gasteiger partial charge in [0.25, 0.3) is 0 Å². The first kappa shape index (κ1) is 8.67. The third-order valence-corrected chi connectivity index (χ3v) is 2.67. The van der Waals surface area contributed by atoms with Crippen LogP contribution in [0.1, 0.15) is 5.69 Å². The fourth-order valence-corrected chi connectivity index (χ4v) is 1.92. The Morgan fingerprint density at radius 2 is 2.33 bits per heavy atom. The zero-order valence-corrected chi connectivity index (χ0v) is 8.71. The zero-order valence-electron chi connectivity index (χ0n) is 7.82. The smallest absolute Gasteiger partial charge is 0.198 e. The first-order valence-corrected chi connectivity index (χ1v) is 4.99. The van der Waals surface area contributed by atoms with Crippen molar-refractivity contribution < 1.29 is 4.74 Å². The van der Waals surface area contributed by atoms with Crippen molar-refractivity contribution in [1.29, 1.82) is 0 Å². The van der Waals surface area contributed by atoms with E-state index in [0.717, 1.165) is 27.6 Å². The van der Waals surface area contributed by atoms with Gasteiger partial charge in [-0.2, -0.15) is 0 Å². The molecule has 0 saturated heterocycles. The van der Waals surface area contributed by atoms with E-state index >= 15 is 0 Å². The van der Waals surface area contributed by atoms with Crippen molar-refractivity contribution in [3.8, 4) is 17.0 Å². The van der Waals surface area contributed by atoms with E-state index < -0.39 is 0 Å². The third kappa shape index (κ3) is 1.27. The number of nitrogens with zero attached hydrogens (tertiary/aromatic N) is 1. The lowest BCUT2D eigenvalue weighted by molar-refractivity contribution is 0.297. The highest BCUT2D eigenvalue weighted by atomic mass is 32.1. The number of anilines is 1. The summed E-state index contributed by atoms with van der Waals surface area (Å²) in [6.07, 6.45) is 0. The predicted octanol–water partition coefficient (Wildman–Crippen LogP) is 1.84. The Hall–Kier alpha value is -1.62. The number of nitrogens with one attached hydrogen (secondary N) is 1. The number of hydrogen-bond acceptors (Lipinski definition) is 4. The molecule has 0 spiro atoms. The highest BCUT2D eigenvalue weighted by Gasteiger charge is 2.20. The van der Waals surface area contributed by atoms with Crippen LogP contribution in [-0.2, 0) is 6.61 Å². The molecule has 5 heteroatoms. The first-order chi connectivity index (χ1) is 7.24. The third-order valence-electron chi connectivity index (χ3n) is 2.39. The number of rotatable bonds is 0. The molecule has 0 radical (unpaired) electrons. The second-order valence-corrected chi connectivity index (χ2v) is 3.93. The number of nitrogens with two attached hydrogens (primary N) is 1. The summed E-state index contributed by atoms with van der Waals surface area (Å²) in [7, 11) is 0. The topological polar surface area (TPSA) is 63.9 Å². The average Bonchev–Trinajstić information content (AvgIpc) is 2.58. The number of aromatic nitrogens is 2. The molecule has 1 aliphatic rings. The number of hydrogen-bond donors (Lipinski definition) is 3. The standard InChI is InChI=1S/C10H9N3OS/c11-10-12-7-4-14-8-3-5(15)1-2-6(8)9(7)13-10/h1-3,15H,4H2,(H3,11,12,13).